The van der Waals surface area contributed by atoms with E-state index < -0.39 is 0 Å². The van der Waals surface area contributed by atoms with Crippen LogP contribution in [0.2, 0.25) is 0 Å². The minimum absolute atomic E-state index is 0.0110. The summed E-state index contributed by atoms with van der Waals surface area (Å²) in [4.78, 5) is 31.4. The van der Waals surface area contributed by atoms with Gasteiger partial charge in [-0.15, -0.1) is 0 Å². The fourth-order valence-corrected chi connectivity index (χ4v) is 3.79. The predicted molar refractivity (Wildman–Crippen MR) is 123 cm³/mol. The molecule has 11 nitrogen and oxygen atoms in total. The van der Waals surface area contributed by atoms with Crippen molar-refractivity contribution in [2.75, 3.05) is 40.5 Å². The van der Waals surface area contributed by atoms with E-state index in [1.807, 2.05) is 12.1 Å². The molecule has 33 heavy (non-hydrogen) atoms. The molecule has 0 bridgehead atoms. The second-order valence-corrected chi connectivity index (χ2v) is 7.96. The van der Waals surface area contributed by atoms with Crippen molar-refractivity contribution < 1.29 is 14.3 Å². The Morgan fingerprint density at radius 2 is 1.82 bits per heavy atom. The SMILES string of the molecule is C[C@@H]1CN(c2ccc(Nc3nccc(Nc4ccc5c(n4)NC(=O)CO5)n3)cn2)C[C@H](C)O1. The number of rotatable bonds is 5. The first kappa shape index (κ1) is 20.9. The monoisotopic (exact) mass is 448 g/mol. The van der Waals surface area contributed by atoms with Gasteiger partial charge in [0.05, 0.1) is 24.1 Å². The van der Waals surface area contributed by atoms with E-state index in [1.54, 1.807) is 30.6 Å². The number of amides is 1. The number of hydrogen-bond donors (Lipinski definition) is 3. The van der Waals surface area contributed by atoms with Gasteiger partial charge in [-0.25, -0.2) is 15.0 Å². The second kappa shape index (κ2) is 8.87. The highest BCUT2D eigenvalue weighted by molar-refractivity contribution is 5.94. The van der Waals surface area contributed by atoms with E-state index in [-0.39, 0.29) is 24.7 Å². The Labute approximate surface area is 190 Å². The summed E-state index contributed by atoms with van der Waals surface area (Å²) in [5.74, 6) is 3.05. The van der Waals surface area contributed by atoms with Gasteiger partial charge in [0.1, 0.15) is 17.5 Å². The van der Waals surface area contributed by atoms with Crippen LogP contribution in [0.1, 0.15) is 13.8 Å². The number of morpholine rings is 1. The summed E-state index contributed by atoms with van der Waals surface area (Å²) in [6, 6.07) is 9.14. The number of carbonyl (C=O) groups is 1. The number of ether oxygens (including phenoxy) is 2. The first-order valence-electron chi connectivity index (χ1n) is 10.7. The van der Waals surface area contributed by atoms with Crippen LogP contribution in [0.15, 0.2) is 42.7 Å². The van der Waals surface area contributed by atoms with Gasteiger partial charge in [-0.2, -0.15) is 4.98 Å². The summed E-state index contributed by atoms with van der Waals surface area (Å²) in [6.45, 7) is 5.75. The van der Waals surface area contributed by atoms with E-state index >= 15 is 0 Å². The van der Waals surface area contributed by atoms with Crippen LogP contribution < -0.4 is 25.6 Å². The molecule has 0 spiro atoms. The maximum absolute atomic E-state index is 11.5. The fourth-order valence-electron chi connectivity index (χ4n) is 3.79. The van der Waals surface area contributed by atoms with Gasteiger partial charge >= 0.3 is 0 Å². The first-order valence-corrected chi connectivity index (χ1v) is 10.7. The van der Waals surface area contributed by atoms with E-state index in [1.165, 1.54) is 0 Å². The van der Waals surface area contributed by atoms with Crippen molar-refractivity contribution in [2.45, 2.75) is 26.1 Å². The minimum Gasteiger partial charge on any atom is -0.480 e. The summed E-state index contributed by atoms with van der Waals surface area (Å²) in [6.07, 6.45) is 3.74. The normalized spacial score (nSPS) is 19.8. The molecule has 0 radical (unpaired) electrons. The quantitative estimate of drug-likeness (QED) is 0.536. The Morgan fingerprint density at radius 3 is 2.61 bits per heavy atom. The number of carbonyl (C=O) groups excluding carboxylic acids is 1. The Balaban J connectivity index is 1.25. The third-order valence-corrected chi connectivity index (χ3v) is 5.13. The van der Waals surface area contributed by atoms with Gasteiger partial charge < -0.3 is 30.3 Å². The lowest BCUT2D eigenvalue weighted by Crippen LogP contribution is -2.45. The fraction of sp³-hybridized carbons (Fsp3) is 0.318. The van der Waals surface area contributed by atoms with Gasteiger partial charge in [0.15, 0.2) is 18.2 Å². The van der Waals surface area contributed by atoms with Crippen molar-refractivity contribution in [2.24, 2.45) is 0 Å². The predicted octanol–water partition coefficient (Wildman–Crippen LogP) is 2.70. The molecule has 170 valence electrons. The lowest BCUT2D eigenvalue weighted by atomic mass is 10.2. The Kier molecular flexibility index (Phi) is 5.61. The molecule has 2 aliphatic heterocycles. The summed E-state index contributed by atoms with van der Waals surface area (Å²) in [5, 5.41) is 8.97. The average molecular weight is 448 g/mol. The topological polar surface area (TPSA) is 126 Å². The number of anilines is 6. The highest BCUT2D eigenvalue weighted by atomic mass is 16.5. The smallest absolute Gasteiger partial charge is 0.263 e. The van der Waals surface area contributed by atoms with Crippen molar-refractivity contribution in [1.82, 2.24) is 19.9 Å². The van der Waals surface area contributed by atoms with E-state index in [4.69, 9.17) is 9.47 Å². The van der Waals surface area contributed by atoms with Gasteiger partial charge in [0.2, 0.25) is 5.95 Å². The summed E-state index contributed by atoms with van der Waals surface area (Å²) in [7, 11) is 0. The zero-order valence-corrected chi connectivity index (χ0v) is 18.3. The molecule has 1 fully saturated rings. The summed E-state index contributed by atoms with van der Waals surface area (Å²) < 4.78 is 11.1. The molecule has 3 aromatic heterocycles. The third kappa shape index (κ3) is 4.93. The molecule has 0 unspecified atom stereocenters. The maximum Gasteiger partial charge on any atom is 0.263 e. The molecule has 2 aliphatic rings. The van der Waals surface area contributed by atoms with Crippen molar-refractivity contribution in [3.05, 3.63) is 42.7 Å². The summed E-state index contributed by atoms with van der Waals surface area (Å²) >= 11 is 0. The number of aromatic nitrogens is 4. The highest BCUT2D eigenvalue weighted by Crippen LogP contribution is 2.28. The van der Waals surface area contributed by atoms with Crippen LogP contribution in [-0.4, -0.2) is 57.7 Å². The molecule has 0 aliphatic carbocycles. The molecule has 11 heteroatoms. The van der Waals surface area contributed by atoms with E-state index in [9.17, 15) is 4.79 Å². The second-order valence-electron chi connectivity index (χ2n) is 7.96. The Morgan fingerprint density at radius 1 is 1.00 bits per heavy atom. The number of hydrogen-bond acceptors (Lipinski definition) is 10. The molecule has 1 saturated heterocycles. The number of pyridine rings is 2. The molecule has 3 aromatic rings. The van der Waals surface area contributed by atoms with Crippen molar-refractivity contribution in [3.8, 4) is 5.75 Å². The molecular formula is C22H24N8O3. The zero-order valence-electron chi connectivity index (χ0n) is 18.3. The zero-order chi connectivity index (χ0) is 22.8. The van der Waals surface area contributed by atoms with Gasteiger partial charge in [-0.1, -0.05) is 0 Å². The Bertz CT molecular complexity index is 1150. The lowest BCUT2D eigenvalue weighted by molar-refractivity contribution is -0.118. The van der Waals surface area contributed by atoms with E-state index in [0.717, 1.165) is 24.6 Å². The summed E-state index contributed by atoms with van der Waals surface area (Å²) in [5.41, 5.74) is 0.775. The minimum atomic E-state index is -0.238. The average Bonchev–Trinajstić information content (AvgIpc) is 2.79. The van der Waals surface area contributed by atoms with E-state index in [0.29, 0.717) is 29.2 Å². The van der Waals surface area contributed by atoms with Crippen LogP contribution in [0.3, 0.4) is 0 Å². The third-order valence-electron chi connectivity index (χ3n) is 5.13. The molecule has 5 rings (SSSR count). The van der Waals surface area contributed by atoms with Crippen LogP contribution in [0.5, 0.6) is 5.75 Å². The molecular weight excluding hydrogens is 424 g/mol. The van der Waals surface area contributed by atoms with Gasteiger partial charge in [0.25, 0.3) is 5.91 Å². The first-order chi connectivity index (χ1) is 16.0. The molecule has 0 aromatic carbocycles. The van der Waals surface area contributed by atoms with Crippen LogP contribution in [0.25, 0.3) is 0 Å². The Hall–Kier alpha value is -3.99. The molecule has 1 amide bonds. The molecule has 5 heterocycles. The van der Waals surface area contributed by atoms with Gasteiger partial charge in [-0.05, 0) is 44.2 Å². The van der Waals surface area contributed by atoms with Crippen LogP contribution in [0, 0.1) is 0 Å². The van der Waals surface area contributed by atoms with Crippen molar-refractivity contribution >= 4 is 40.8 Å². The molecule has 0 saturated carbocycles. The number of nitrogens with zero attached hydrogens (tertiary/aromatic N) is 5. The van der Waals surface area contributed by atoms with Crippen LogP contribution in [-0.2, 0) is 9.53 Å². The standard InChI is InChI=1S/C22H24N8O3/c1-13-10-30(11-14(2)33-13)19-6-3-15(9-24-19)25-22-23-8-7-18(28-22)26-17-5-4-16-21(27-17)29-20(31)12-32-16/h3-9,13-14H,10-12H2,1-2H3,(H3,23,25,26,27,28,29,31)/t13-,14+. The largest absolute Gasteiger partial charge is 0.480 e. The van der Waals surface area contributed by atoms with Crippen LogP contribution >= 0.6 is 0 Å². The van der Waals surface area contributed by atoms with Crippen molar-refractivity contribution in [3.63, 3.8) is 0 Å². The highest BCUT2D eigenvalue weighted by Gasteiger charge is 2.23. The maximum atomic E-state index is 11.5. The number of nitrogens with one attached hydrogen (secondary N) is 3. The van der Waals surface area contributed by atoms with Gasteiger partial charge in [0, 0.05) is 19.3 Å². The van der Waals surface area contributed by atoms with Gasteiger partial charge in [-0.3, -0.25) is 4.79 Å². The van der Waals surface area contributed by atoms with Crippen LogP contribution in [0.4, 0.5) is 34.9 Å². The molecule has 3 N–H and O–H groups in total. The van der Waals surface area contributed by atoms with E-state index in [2.05, 4.69) is 54.6 Å². The number of fused-ring (bicyclic) bond motifs is 1. The lowest BCUT2D eigenvalue weighted by Gasteiger charge is -2.36. The van der Waals surface area contributed by atoms with Crippen molar-refractivity contribution in [1.29, 1.82) is 0 Å². The molecule has 2 atom stereocenters.